The molecule has 1 aliphatic rings. The zero-order chi connectivity index (χ0) is 13.5. The Balaban J connectivity index is 2.11. The minimum atomic E-state index is 0.774. The summed E-state index contributed by atoms with van der Waals surface area (Å²) >= 11 is 0. The molecule has 0 aromatic heterocycles. The van der Waals surface area contributed by atoms with Crippen molar-refractivity contribution in [1.29, 1.82) is 0 Å². The van der Waals surface area contributed by atoms with Crippen molar-refractivity contribution < 1.29 is 0 Å². The molecule has 0 spiro atoms. The maximum Gasteiger partial charge on any atom is 0.0913 e. The van der Waals surface area contributed by atoms with Gasteiger partial charge in [0.2, 0.25) is 0 Å². The minimum Gasteiger partial charge on any atom is -0.314 e. The van der Waals surface area contributed by atoms with Crippen LogP contribution in [0.3, 0.4) is 0 Å². The van der Waals surface area contributed by atoms with Crippen molar-refractivity contribution in [2.45, 2.75) is 13.3 Å². The van der Waals surface area contributed by atoms with Gasteiger partial charge < -0.3 is 5.32 Å². The normalized spacial score (nSPS) is 17.4. The Kier molecular flexibility index (Phi) is 5.24. The highest BCUT2D eigenvalue weighted by atomic mass is 15.2. The van der Waals surface area contributed by atoms with Gasteiger partial charge in [-0.1, -0.05) is 25.1 Å². The molecule has 0 unspecified atom stereocenters. The van der Waals surface area contributed by atoms with Gasteiger partial charge in [0, 0.05) is 37.5 Å². The van der Waals surface area contributed by atoms with Gasteiger partial charge in [-0.25, -0.2) is 0 Å². The number of hydrogen-bond acceptors (Lipinski definition) is 4. The number of hydrogen-bond donors (Lipinski definition) is 1. The van der Waals surface area contributed by atoms with Crippen LogP contribution < -0.4 is 5.32 Å². The highest BCUT2D eigenvalue weighted by Gasteiger charge is 2.10. The third kappa shape index (κ3) is 3.72. The van der Waals surface area contributed by atoms with E-state index in [2.05, 4.69) is 34.9 Å². The van der Waals surface area contributed by atoms with Crippen LogP contribution in [-0.2, 0) is 0 Å². The number of piperazine rings is 1. The van der Waals surface area contributed by atoms with E-state index in [9.17, 15) is 0 Å². The molecular weight excluding hydrogens is 236 g/mol. The van der Waals surface area contributed by atoms with Crippen LogP contribution in [0.2, 0.25) is 0 Å². The van der Waals surface area contributed by atoms with E-state index in [1.54, 1.807) is 0 Å². The van der Waals surface area contributed by atoms with Gasteiger partial charge in [-0.3, -0.25) is 14.9 Å². The molecule has 0 atom stereocenters. The van der Waals surface area contributed by atoms with Crippen molar-refractivity contribution in [3.63, 3.8) is 0 Å². The molecule has 0 aliphatic carbocycles. The molecule has 0 amide bonds. The molecule has 2 rings (SSSR count). The summed E-state index contributed by atoms with van der Waals surface area (Å²) in [5.41, 5.74) is 3.14. The van der Waals surface area contributed by atoms with Gasteiger partial charge in [0.1, 0.15) is 0 Å². The van der Waals surface area contributed by atoms with Crippen LogP contribution in [0.5, 0.6) is 0 Å². The number of nitrogens with zero attached hydrogens (tertiary/aromatic N) is 3. The lowest BCUT2D eigenvalue weighted by Gasteiger charge is -2.25. The van der Waals surface area contributed by atoms with Crippen molar-refractivity contribution in [3.8, 4) is 0 Å². The van der Waals surface area contributed by atoms with Crippen LogP contribution in [0.1, 0.15) is 18.9 Å². The van der Waals surface area contributed by atoms with Crippen molar-refractivity contribution >= 4 is 18.1 Å². The summed E-state index contributed by atoms with van der Waals surface area (Å²) in [6.07, 6.45) is 0.915. The van der Waals surface area contributed by atoms with Gasteiger partial charge in [0.15, 0.2) is 0 Å². The third-order valence-electron chi connectivity index (χ3n) is 3.39. The quantitative estimate of drug-likeness (QED) is 0.821. The van der Waals surface area contributed by atoms with Crippen LogP contribution in [0.15, 0.2) is 34.3 Å². The largest absolute Gasteiger partial charge is 0.314 e. The average molecular weight is 258 g/mol. The summed E-state index contributed by atoms with van der Waals surface area (Å²) in [5, 5.41) is 3.35. The summed E-state index contributed by atoms with van der Waals surface area (Å²) < 4.78 is 0. The van der Waals surface area contributed by atoms with E-state index in [0.717, 1.165) is 56.2 Å². The first-order valence-corrected chi connectivity index (χ1v) is 6.87. The maximum atomic E-state index is 4.77. The summed E-state index contributed by atoms with van der Waals surface area (Å²) in [5.74, 6) is 0. The first kappa shape index (κ1) is 13.9. The van der Waals surface area contributed by atoms with Crippen LogP contribution in [0, 0.1) is 0 Å². The van der Waals surface area contributed by atoms with Gasteiger partial charge in [-0.2, -0.15) is 0 Å². The molecule has 1 saturated heterocycles. The number of nitrogens with one attached hydrogen (secondary N) is 1. The Hall–Kier alpha value is -1.52. The van der Waals surface area contributed by atoms with Crippen molar-refractivity contribution in [2.75, 3.05) is 32.8 Å². The molecule has 1 fully saturated rings. The summed E-state index contributed by atoms with van der Waals surface area (Å²) in [4.78, 5) is 11.2. The molecule has 1 N–H and O–H groups in total. The zero-order valence-corrected chi connectivity index (χ0v) is 11.6. The number of benzene rings is 1. The topological polar surface area (TPSA) is 40.0 Å². The Labute approximate surface area is 115 Å². The lowest BCUT2D eigenvalue weighted by molar-refractivity contribution is 0.248. The van der Waals surface area contributed by atoms with Gasteiger partial charge in [-0.05, 0) is 19.2 Å². The lowest BCUT2D eigenvalue weighted by atomic mass is 10.1. The monoisotopic (exact) mass is 258 g/mol. The third-order valence-corrected chi connectivity index (χ3v) is 3.39. The number of para-hydroxylation sites is 1. The second kappa shape index (κ2) is 7.16. The lowest BCUT2D eigenvalue weighted by Crippen LogP contribution is -2.43. The van der Waals surface area contributed by atoms with Crippen LogP contribution in [0.4, 0.5) is 5.69 Å². The van der Waals surface area contributed by atoms with E-state index >= 15 is 0 Å². The molecule has 4 heteroatoms. The number of rotatable bonds is 5. The predicted octanol–water partition coefficient (Wildman–Crippen LogP) is 2.08. The minimum absolute atomic E-state index is 0.774. The molecule has 0 saturated carbocycles. The predicted molar refractivity (Wildman–Crippen MR) is 81.8 cm³/mol. The van der Waals surface area contributed by atoms with Gasteiger partial charge in [0.25, 0.3) is 0 Å². The average Bonchev–Trinajstić information content (AvgIpc) is 2.49. The molecule has 4 nitrogen and oxygen atoms in total. The van der Waals surface area contributed by atoms with Gasteiger partial charge in [-0.15, -0.1) is 0 Å². The highest BCUT2D eigenvalue weighted by molar-refractivity contribution is 6.04. The molecule has 0 bridgehead atoms. The SMILES string of the molecule is C=Nc1ccccc1/C(CC)=N\CN1CCNCC1. The van der Waals surface area contributed by atoms with Crippen LogP contribution >= 0.6 is 0 Å². The van der Waals surface area contributed by atoms with Gasteiger partial charge >= 0.3 is 0 Å². The Morgan fingerprint density at radius 3 is 2.74 bits per heavy atom. The molecule has 102 valence electrons. The van der Waals surface area contributed by atoms with E-state index < -0.39 is 0 Å². The Morgan fingerprint density at radius 2 is 2.05 bits per heavy atom. The standard InChI is InChI=1S/C15H22N4/c1-3-14(13-6-4-5-7-15(13)16-2)18-12-19-10-8-17-9-11-19/h4-7,17H,2-3,8-12H2,1H3/b18-14-. The molecule has 1 aromatic rings. The first-order valence-electron chi connectivity index (χ1n) is 6.87. The molecule has 1 aromatic carbocycles. The Morgan fingerprint density at radius 1 is 1.32 bits per heavy atom. The van der Waals surface area contributed by atoms with E-state index in [1.165, 1.54) is 0 Å². The smallest absolute Gasteiger partial charge is 0.0913 e. The summed E-state index contributed by atoms with van der Waals surface area (Å²) in [6.45, 7) is 10.8. The summed E-state index contributed by atoms with van der Waals surface area (Å²) in [6, 6.07) is 8.07. The van der Waals surface area contributed by atoms with E-state index in [4.69, 9.17) is 4.99 Å². The van der Waals surface area contributed by atoms with E-state index in [1.807, 2.05) is 18.2 Å². The molecule has 1 aliphatic heterocycles. The Bertz CT molecular complexity index is 447. The van der Waals surface area contributed by atoms with Crippen molar-refractivity contribution in [2.24, 2.45) is 9.98 Å². The molecule has 0 radical (unpaired) electrons. The van der Waals surface area contributed by atoms with E-state index in [-0.39, 0.29) is 0 Å². The number of aliphatic imine (C=N–C) groups is 2. The maximum absolute atomic E-state index is 4.77. The second-order valence-corrected chi connectivity index (χ2v) is 4.64. The van der Waals surface area contributed by atoms with Crippen LogP contribution in [-0.4, -0.2) is 50.2 Å². The van der Waals surface area contributed by atoms with Crippen molar-refractivity contribution in [3.05, 3.63) is 29.8 Å². The van der Waals surface area contributed by atoms with Crippen LogP contribution in [0.25, 0.3) is 0 Å². The van der Waals surface area contributed by atoms with E-state index in [0.29, 0.717) is 0 Å². The fourth-order valence-corrected chi connectivity index (χ4v) is 2.28. The highest BCUT2D eigenvalue weighted by Crippen LogP contribution is 2.20. The summed E-state index contributed by atoms with van der Waals surface area (Å²) in [7, 11) is 0. The second-order valence-electron chi connectivity index (χ2n) is 4.64. The van der Waals surface area contributed by atoms with Gasteiger partial charge in [0.05, 0.1) is 12.4 Å². The van der Waals surface area contributed by atoms with Crippen molar-refractivity contribution in [1.82, 2.24) is 10.2 Å². The molecular formula is C15H22N4. The molecule has 1 heterocycles. The zero-order valence-electron chi connectivity index (χ0n) is 11.6. The molecule has 19 heavy (non-hydrogen) atoms. The fraction of sp³-hybridized carbons (Fsp3) is 0.467. The first-order chi connectivity index (χ1) is 9.35. The fourth-order valence-electron chi connectivity index (χ4n) is 2.28.